The number of carbonyl (C=O) groups is 1. The van der Waals surface area contributed by atoms with Crippen molar-refractivity contribution in [3.63, 3.8) is 0 Å². The molecule has 0 N–H and O–H groups in total. The second-order valence-electron chi connectivity index (χ2n) is 8.96. The van der Waals surface area contributed by atoms with Gasteiger partial charge in [0.15, 0.2) is 0 Å². The Morgan fingerprint density at radius 2 is 1.78 bits per heavy atom. The van der Waals surface area contributed by atoms with Crippen molar-refractivity contribution in [1.82, 2.24) is 9.47 Å². The average Bonchev–Trinajstić information content (AvgIpc) is 3.27. The van der Waals surface area contributed by atoms with Crippen LogP contribution in [0.25, 0.3) is 10.9 Å². The second-order valence-corrected chi connectivity index (χ2v) is 8.96. The van der Waals surface area contributed by atoms with Gasteiger partial charge in [0.05, 0.1) is 18.1 Å². The number of rotatable bonds is 7. The zero-order valence-electron chi connectivity index (χ0n) is 19.7. The van der Waals surface area contributed by atoms with Gasteiger partial charge < -0.3 is 14.2 Å². The zero-order valence-corrected chi connectivity index (χ0v) is 19.7. The third-order valence-electron chi connectivity index (χ3n) is 6.69. The molecule has 1 aliphatic rings. The second kappa shape index (κ2) is 10.3. The van der Waals surface area contributed by atoms with Crippen LogP contribution in [0.4, 0.5) is 10.1 Å². The number of ether oxygens (including phenoxy) is 1. The summed E-state index contributed by atoms with van der Waals surface area (Å²) < 4.78 is 20.9. The number of non-ortho nitro benzene ring substituents is 1. The highest BCUT2D eigenvalue weighted by molar-refractivity contribution is 5.87. The molecule has 1 aliphatic heterocycles. The standard InChI is InChI=1S/C28H26FN3O4/c29-22-10-8-20(9-11-22)18-31-19-26(24-6-1-2-7-27(24)31)25(17-28(33)30-12-14-36-15-13-30)21-4-3-5-23(16-21)32(34)35/h1-11,16,19,25H,12-15,17-18H2/t25-/m0/s1. The predicted molar refractivity (Wildman–Crippen MR) is 134 cm³/mol. The number of hydrogen-bond acceptors (Lipinski definition) is 4. The van der Waals surface area contributed by atoms with Gasteiger partial charge in [0.25, 0.3) is 5.69 Å². The summed E-state index contributed by atoms with van der Waals surface area (Å²) in [6, 6.07) is 20.8. The maximum Gasteiger partial charge on any atom is 0.269 e. The molecule has 1 atom stereocenters. The number of benzene rings is 3. The number of halogens is 1. The molecule has 5 rings (SSSR count). The summed E-state index contributed by atoms with van der Waals surface area (Å²) in [5.74, 6) is -0.672. The Hall–Kier alpha value is -4.04. The molecule has 0 spiro atoms. The van der Waals surface area contributed by atoms with E-state index in [1.54, 1.807) is 29.2 Å². The molecule has 0 aliphatic carbocycles. The highest BCUT2D eigenvalue weighted by Gasteiger charge is 2.27. The molecule has 3 aromatic carbocycles. The van der Waals surface area contributed by atoms with E-state index in [2.05, 4.69) is 4.57 Å². The summed E-state index contributed by atoms with van der Waals surface area (Å²) in [7, 11) is 0. The van der Waals surface area contributed by atoms with Crippen molar-refractivity contribution in [3.8, 4) is 0 Å². The zero-order chi connectivity index (χ0) is 25.1. The normalized spacial score (nSPS) is 14.6. The molecule has 2 heterocycles. The number of morpholine rings is 1. The van der Waals surface area contributed by atoms with Crippen LogP contribution in [-0.4, -0.2) is 46.6 Å². The third-order valence-corrected chi connectivity index (χ3v) is 6.69. The van der Waals surface area contributed by atoms with Gasteiger partial charge in [-0.3, -0.25) is 14.9 Å². The van der Waals surface area contributed by atoms with Gasteiger partial charge >= 0.3 is 0 Å². The molecule has 1 aromatic heterocycles. The quantitative estimate of drug-likeness (QED) is 0.268. The number of aromatic nitrogens is 1. The van der Waals surface area contributed by atoms with Crippen molar-refractivity contribution in [1.29, 1.82) is 0 Å². The summed E-state index contributed by atoms with van der Waals surface area (Å²) in [6.07, 6.45) is 2.20. The maximum absolute atomic E-state index is 13.4. The third kappa shape index (κ3) is 4.99. The minimum Gasteiger partial charge on any atom is -0.378 e. The van der Waals surface area contributed by atoms with Crippen molar-refractivity contribution in [2.45, 2.75) is 18.9 Å². The summed E-state index contributed by atoms with van der Waals surface area (Å²) in [4.78, 5) is 26.2. The Balaban J connectivity index is 1.58. The number of nitrogens with zero attached hydrogens (tertiary/aromatic N) is 3. The fourth-order valence-corrected chi connectivity index (χ4v) is 4.85. The molecule has 4 aromatic rings. The number of para-hydroxylation sites is 1. The first-order valence-electron chi connectivity index (χ1n) is 11.9. The largest absolute Gasteiger partial charge is 0.378 e. The van der Waals surface area contributed by atoms with Crippen molar-refractivity contribution >= 4 is 22.5 Å². The van der Waals surface area contributed by atoms with Crippen LogP contribution in [0, 0.1) is 15.9 Å². The van der Waals surface area contributed by atoms with E-state index in [0.29, 0.717) is 32.8 Å². The van der Waals surface area contributed by atoms with E-state index >= 15 is 0 Å². The van der Waals surface area contributed by atoms with Gasteiger partial charge in [0.2, 0.25) is 5.91 Å². The van der Waals surface area contributed by atoms with E-state index < -0.39 is 4.92 Å². The van der Waals surface area contributed by atoms with Crippen LogP contribution < -0.4 is 0 Å². The van der Waals surface area contributed by atoms with Crippen LogP contribution in [0.5, 0.6) is 0 Å². The SMILES string of the molecule is O=C(C[C@@H](c1cccc([N+](=O)[O-])c1)c1cn(Cc2ccc(F)cc2)c2ccccc12)N1CCOCC1. The fourth-order valence-electron chi connectivity index (χ4n) is 4.85. The molecular weight excluding hydrogens is 461 g/mol. The lowest BCUT2D eigenvalue weighted by Crippen LogP contribution is -2.41. The van der Waals surface area contributed by atoms with Crippen LogP contribution in [0.1, 0.15) is 29.0 Å². The van der Waals surface area contributed by atoms with Gasteiger partial charge in [0, 0.05) is 61.2 Å². The molecule has 1 fully saturated rings. The lowest BCUT2D eigenvalue weighted by molar-refractivity contribution is -0.384. The van der Waals surface area contributed by atoms with E-state index in [1.165, 1.54) is 18.2 Å². The van der Waals surface area contributed by atoms with E-state index in [0.717, 1.165) is 27.6 Å². The highest BCUT2D eigenvalue weighted by Crippen LogP contribution is 2.36. The summed E-state index contributed by atoms with van der Waals surface area (Å²) in [6.45, 7) is 2.61. The number of amides is 1. The topological polar surface area (TPSA) is 77.6 Å². The van der Waals surface area contributed by atoms with Crippen molar-refractivity contribution < 1.29 is 18.8 Å². The van der Waals surface area contributed by atoms with Gasteiger partial charge in [-0.05, 0) is 34.9 Å². The van der Waals surface area contributed by atoms with Gasteiger partial charge in [-0.2, -0.15) is 0 Å². The number of carbonyl (C=O) groups excluding carboxylic acids is 1. The van der Waals surface area contributed by atoms with Crippen molar-refractivity contribution in [3.05, 3.63) is 112 Å². The molecule has 0 radical (unpaired) electrons. The van der Waals surface area contributed by atoms with Gasteiger partial charge in [-0.25, -0.2) is 4.39 Å². The molecule has 184 valence electrons. The van der Waals surface area contributed by atoms with Crippen LogP contribution in [0.2, 0.25) is 0 Å². The lowest BCUT2D eigenvalue weighted by Gasteiger charge is -2.28. The molecule has 1 saturated heterocycles. The monoisotopic (exact) mass is 487 g/mol. The van der Waals surface area contributed by atoms with Crippen LogP contribution in [0.3, 0.4) is 0 Å². The number of nitro benzene ring substituents is 1. The minimum atomic E-state index is -0.415. The molecule has 1 amide bonds. The molecule has 8 heteroatoms. The van der Waals surface area contributed by atoms with Crippen molar-refractivity contribution in [2.75, 3.05) is 26.3 Å². The van der Waals surface area contributed by atoms with E-state index in [-0.39, 0.29) is 29.8 Å². The number of hydrogen-bond donors (Lipinski definition) is 0. The Labute approximate surface area is 207 Å². The van der Waals surface area contributed by atoms with Gasteiger partial charge in [-0.1, -0.05) is 42.5 Å². The smallest absolute Gasteiger partial charge is 0.269 e. The Morgan fingerprint density at radius 1 is 1.03 bits per heavy atom. The predicted octanol–water partition coefficient (Wildman–Crippen LogP) is 5.12. The molecule has 0 saturated carbocycles. The van der Waals surface area contributed by atoms with Gasteiger partial charge in [-0.15, -0.1) is 0 Å². The van der Waals surface area contributed by atoms with Crippen molar-refractivity contribution in [2.24, 2.45) is 0 Å². The first kappa shape index (κ1) is 23.7. The van der Waals surface area contributed by atoms with Crippen LogP contribution in [0.15, 0.2) is 79.0 Å². The molecule has 0 bridgehead atoms. The highest BCUT2D eigenvalue weighted by atomic mass is 19.1. The molecule has 36 heavy (non-hydrogen) atoms. The summed E-state index contributed by atoms with van der Waals surface area (Å²) in [5, 5.41) is 12.5. The van der Waals surface area contributed by atoms with E-state index in [4.69, 9.17) is 4.74 Å². The summed E-state index contributed by atoms with van der Waals surface area (Å²) >= 11 is 0. The molecule has 7 nitrogen and oxygen atoms in total. The first-order chi connectivity index (χ1) is 17.5. The molecule has 0 unspecified atom stereocenters. The maximum atomic E-state index is 13.4. The molecular formula is C28H26FN3O4. The Kier molecular flexibility index (Phi) is 6.77. The van der Waals surface area contributed by atoms with Crippen LogP contribution >= 0.6 is 0 Å². The number of nitro groups is 1. The first-order valence-corrected chi connectivity index (χ1v) is 11.9. The number of fused-ring (bicyclic) bond motifs is 1. The Bertz CT molecular complexity index is 1390. The van der Waals surface area contributed by atoms with E-state index in [1.807, 2.05) is 36.5 Å². The minimum absolute atomic E-state index is 0.00799. The van der Waals surface area contributed by atoms with Gasteiger partial charge in [0.1, 0.15) is 5.82 Å². The van der Waals surface area contributed by atoms with Crippen LogP contribution in [-0.2, 0) is 16.1 Å². The lowest BCUT2D eigenvalue weighted by atomic mass is 9.87. The Morgan fingerprint density at radius 3 is 2.53 bits per heavy atom. The summed E-state index contributed by atoms with van der Waals surface area (Å²) in [5.41, 5.74) is 3.56. The van der Waals surface area contributed by atoms with E-state index in [9.17, 15) is 19.3 Å². The fraction of sp³-hybridized carbons (Fsp3) is 0.250. The average molecular weight is 488 g/mol.